The Bertz CT molecular complexity index is 1140. The van der Waals surface area contributed by atoms with Gasteiger partial charge in [0, 0.05) is 11.3 Å². The maximum atomic E-state index is 14.8. The Morgan fingerprint density at radius 1 is 1.03 bits per heavy atom. The average Bonchev–Trinajstić information content (AvgIpc) is 3.49. The lowest BCUT2D eigenvalue weighted by Gasteiger charge is -2.21. The van der Waals surface area contributed by atoms with Gasteiger partial charge in [-0.05, 0) is 54.8 Å². The predicted octanol–water partition coefficient (Wildman–Crippen LogP) is 8.35. The lowest BCUT2D eigenvalue weighted by Crippen LogP contribution is -2.32. The predicted molar refractivity (Wildman–Crippen MR) is 114 cm³/mol. The van der Waals surface area contributed by atoms with Crippen molar-refractivity contribution in [1.29, 1.82) is 0 Å². The molecule has 1 aliphatic rings. The van der Waals surface area contributed by atoms with Gasteiger partial charge >= 0.3 is 18.3 Å². The van der Waals surface area contributed by atoms with E-state index in [1.165, 1.54) is 0 Å². The second-order valence-corrected chi connectivity index (χ2v) is 8.80. The van der Waals surface area contributed by atoms with E-state index in [1.54, 1.807) is 0 Å². The van der Waals surface area contributed by atoms with Crippen molar-refractivity contribution in [2.75, 3.05) is 5.32 Å². The third-order valence-corrected chi connectivity index (χ3v) is 6.36. The molecule has 2 aromatic rings. The molecule has 0 amide bonds. The minimum absolute atomic E-state index is 0.0785. The highest BCUT2D eigenvalue weighted by Crippen LogP contribution is 2.45. The van der Waals surface area contributed by atoms with Crippen LogP contribution in [0.3, 0.4) is 0 Å². The van der Waals surface area contributed by atoms with Crippen LogP contribution in [0, 0.1) is 0 Å². The molecule has 1 atom stereocenters. The normalized spacial score (nSPS) is 16.8. The molecular formula is C21H13Cl3F7NO2. The van der Waals surface area contributed by atoms with E-state index in [0.717, 1.165) is 24.3 Å². The molecule has 0 aromatic heterocycles. The fourth-order valence-corrected chi connectivity index (χ4v) is 3.80. The summed E-state index contributed by atoms with van der Waals surface area (Å²) < 4.78 is 96.6. The summed E-state index contributed by atoms with van der Waals surface area (Å²) in [5.74, 6) is -5.56. The van der Waals surface area contributed by atoms with Crippen molar-refractivity contribution >= 4 is 52.3 Å². The first-order valence-corrected chi connectivity index (χ1v) is 10.5. The first-order valence-electron chi connectivity index (χ1n) is 9.37. The fourth-order valence-electron chi connectivity index (χ4n) is 3.19. The number of anilines is 1. The van der Waals surface area contributed by atoms with Crippen LogP contribution in [0.25, 0.3) is 5.83 Å². The number of alkyl halides is 6. The Morgan fingerprint density at radius 2 is 1.59 bits per heavy atom. The Hall–Kier alpha value is -2.17. The van der Waals surface area contributed by atoms with Gasteiger partial charge in [-0.15, -0.1) is 0 Å². The molecule has 0 bridgehead atoms. The molecule has 0 spiro atoms. The molecule has 1 saturated carbocycles. The molecule has 3 rings (SSSR count). The van der Waals surface area contributed by atoms with Crippen molar-refractivity contribution in [1.82, 2.24) is 0 Å². The summed E-state index contributed by atoms with van der Waals surface area (Å²) >= 11 is 17.3. The maximum absolute atomic E-state index is 14.8. The zero-order valence-corrected chi connectivity index (χ0v) is 18.9. The smallest absolute Gasteiger partial charge is 0.418 e. The van der Waals surface area contributed by atoms with Crippen LogP contribution in [0.4, 0.5) is 36.4 Å². The second-order valence-electron chi connectivity index (χ2n) is 7.60. The SMILES string of the molecule is O=C(O)C1(Nc2ccc(/C(F)=C/C(c3cc(Cl)c(Cl)c(Cl)c3)C(F)(F)F)cc2C(F)(F)F)CC1. The van der Waals surface area contributed by atoms with Gasteiger partial charge in [0.1, 0.15) is 17.3 Å². The van der Waals surface area contributed by atoms with Gasteiger partial charge in [0.05, 0.1) is 20.6 Å². The molecule has 2 N–H and O–H groups in total. The summed E-state index contributed by atoms with van der Waals surface area (Å²) in [5, 5.41) is 10.6. The molecular weight excluding hydrogens is 538 g/mol. The molecule has 0 radical (unpaired) electrons. The lowest BCUT2D eigenvalue weighted by molar-refractivity contribution is -0.140. The minimum atomic E-state index is -5.05. The molecule has 0 heterocycles. The van der Waals surface area contributed by atoms with Crippen LogP contribution in [0.2, 0.25) is 15.1 Å². The van der Waals surface area contributed by atoms with E-state index in [1.807, 2.05) is 0 Å². The Labute approximate surface area is 203 Å². The van der Waals surface area contributed by atoms with Crippen LogP contribution in [0.5, 0.6) is 0 Å². The summed E-state index contributed by atoms with van der Waals surface area (Å²) in [4.78, 5) is 11.3. The van der Waals surface area contributed by atoms with Crippen LogP contribution >= 0.6 is 34.8 Å². The van der Waals surface area contributed by atoms with Crippen molar-refractivity contribution < 1.29 is 40.6 Å². The van der Waals surface area contributed by atoms with E-state index in [0.29, 0.717) is 6.07 Å². The largest absolute Gasteiger partial charge is 0.480 e. The highest BCUT2D eigenvalue weighted by molar-refractivity contribution is 6.48. The third kappa shape index (κ3) is 5.55. The number of carboxylic acids is 1. The lowest BCUT2D eigenvalue weighted by atomic mass is 9.96. The first kappa shape index (κ1) is 26.4. The number of allylic oxidation sites excluding steroid dienone is 1. The number of carboxylic acid groups (broad SMARTS) is 1. The van der Waals surface area contributed by atoms with Crippen molar-refractivity contribution in [2.45, 2.75) is 36.7 Å². The molecule has 3 nitrogen and oxygen atoms in total. The molecule has 0 saturated heterocycles. The van der Waals surface area contributed by atoms with Gasteiger partial charge in [0.15, 0.2) is 0 Å². The number of benzene rings is 2. The molecule has 1 aliphatic carbocycles. The van der Waals surface area contributed by atoms with E-state index in [9.17, 15) is 40.6 Å². The first-order chi connectivity index (χ1) is 15.5. The molecule has 13 heteroatoms. The maximum Gasteiger partial charge on any atom is 0.418 e. The summed E-state index contributed by atoms with van der Waals surface area (Å²) in [6.45, 7) is 0. The zero-order chi connectivity index (χ0) is 25.6. The standard InChI is InChI=1S/C21H13Cl3F7NO2/c22-13-6-10(7-14(23)17(13)24)11(20(26,27)28)8-15(25)9-1-2-16(12(5-9)21(29,30)31)32-19(3-4-19)18(33)34/h1-2,5-8,11,32H,3-4H2,(H,33,34)/b15-8-. The molecule has 184 valence electrons. The van der Waals surface area contributed by atoms with Gasteiger partial charge in [0.2, 0.25) is 0 Å². The van der Waals surface area contributed by atoms with Crippen LogP contribution in [-0.4, -0.2) is 22.8 Å². The molecule has 0 aliphatic heterocycles. The number of hydrogen-bond donors (Lipinski definition) is 2. The Kier molecular flexibility index (Phi) is 7.09. The number of aliphatic carboxylic acids is 1. The summed E-state index contributed by atoms with van der Waals surface area (Å²) in [7, 11) is 0. The third-order valence-electron chi connectivity index (χ3n) is 5.16. The Morgan fingerprint density at radius 3 is 2.03 bits per heavy atom. The van der Waals surface area contributed by atoms with Gasteiger partial charge in [-0.25, -0.2) is 9.18 Å². The molecule has 2 aromatic carbocycles. The summed E-state index contributed by atoms with van der Waals surface area (Å²) in [5.41, 5.74) is -5.01. The van der Waals surface area contributed by atoms with Crippen molar-refractivity contribution in [3.63, 3.8) is 0 Å². The Balaban J connectivity index is 2.05. The number of nitrogens with one attached hydrogen (secondary N) is 1. The van der Waals surface area contributed by atoms with Crippen molar-refractivity contribution in [3.8, 4) is 0 Å². The number of carbonyl (C=O) groups is 1. The molecule has 1 fully saturated rings. The van der Waals surface area contributed by atoms with Crippen molar-refractivity contribution in [2.24, 2.45) is 0 Å². The van der Waals surface area contributed by atoms with Crippen molar-refractivity contribution in [3.05, 3.63) is 68.2 Å². The highest BCUT2D eigenvalue weighted by Gasteiger charge is 2.51. The minimum Gasteiger partial charge on any atom is -0.480 e. The number of halogens is 10. The van der Waals surface area contributed by atoms with E-state index in [-0.39, 0.29) is 34.0 Å². The topological polar surface area (TPSA) is 49.3 Å². The van der Waals surface area contributed by atoms with Gasteiger partial charge in [-0.1, -0.05) is 34.8 Å². The van der Waals surface area contributed by atoms with E-state index in [4.69, 9.17) is 34.8 Å². The van der Waals surface area contributed by atoms with Crippen LogP contribution in [0.1, 0.15) is 35.4 Å². The highest BCUT2D eigenvalue weighted by atomic mass is 35.5. The van der Waals surface area contributed by atoms with Crippen LogP contribution in [0.15, 0.2) is 36.4 Å². The number of rotatable bonds is 6. The summed E-state index contributed by atoms with van der Waals surface area (Å²) in [6, 6.07) is 3.55. The summed E-state index contributed by atoms with van der Waals surface area (Å²) in [6.07, 6.45) is -9.84. The van der Waals surface area contributed by atoms with Gasteiger partial charge in [0.25, 0.3) is 0 Å². The number of hydrogen-bond acceptors (Lipinski definition) is 2. The van der Waals surface area contributed by atoms with Gasteiger partial charge < -0.3 is 10.4 Å². The average molecular weight is 551 g/mol. The quantitative estimate of drug-likeness (QED) is 0.281. The van der Waals surface area contributed by atoms with E-state index in [2.05, 4.69) is 5.32 Å². The monoisotopic (exact) mass is 549 g/mol. The van der Waals surface area contributed by atoms with E-state index >= 15 is 0 Å². The van der Waals surface area contributed by atoms with E-state index < -0.39 is 58.0 Å². The molecule has 34 heavy (non-hydrogen) atoms. The zero-order valence-electron chi connectivity index (χ0n) is 16.6. The fraction of sp³-hybridized carbons (Fsp3) is 0.286. The molecule has 1 unspecified atom stereocenters. The van der Waals surface area contributed by atoms with Gasteiger partial charge in [-0.2, -0.15) is 26.3 Å². The second kappa shape index (κ2) is 9.13. The van der Waals surface area contributed by atoms with Crippen LogP contribution in [-0.2, 0) is 11.0 Å². The van der Waals surface area contributed by atoms with Gasteiger partial charge in [-0.3, -0.25) is 0 Å². The van der Waals surface area contributed by atoms with Crippen LogP contribution < -0.4 is 5.32 Å².